The minimum atomic E-state index is 0.369. The van der Waals surface area contributed by atoms with E-state index in [0.717, 1.165) is 28.1 Å². The number of hydrogen-bond acceptors (Lipinski definition) is 4. The van der Waals surface area contributed by atoms with Crippen LogP contribution in [-0.2, 0) is 7.05 Å². The van der Waals surface area contributed by atoms with Crippen molar-refractivity contribution >= 4 is 11.0 Å². The van der Waals surface area contributed by atoms with Crippen molar-refractivity contribution in [2.45, 2.75) is 39.5 Å². The number of tetrazole rings is 1. The lowest BCUT2D eigenvalue weighted by atomic mass is 9.92. The van der Waals surface area contributed by atoms with Gasteiger partial charge in [-0.25, -0.2) is 4.98 Å². The molecule has 4 rings (SSSR count). The average Bonchev–Trinajstić information content (AvgIpc) is 3.27. The van der Waals surface area contributed by atoms with Crippen LogP contribution >= 0.6 is 0 Å². The molecule has 0 aliphatic rings. The lowest BCUT2D eigenvalue weighted by Gasteiger charge is -2.19. The fourth-order valence-electron chi connectivity index (χ4n) is 3.55. The molecule has 0 bridgehead atoms. The zero-order valence-electron chi connectivity index (χ0n) is 16.4. The van der Waals surface area contributed by atoms with Crippen LogP contribution in [0, 0.1) is 0 Å². The van der Waals surface area contributed by atoms with Gasteiger partial charge in [-0.15, -0.1) is 5.10 Å². The molecule has 0 amide bonds. The Kier molecular flexibility index (Phi) is 4.26. The van der Waals surface area contributed by atoms with E-state index in [4.69, 9.17) is 0 Å². The van der Waals surface area contributed by atoms with Gasteiger partial charge in [0.05, 0.1) is 23.0 Å². The average molecular weight is 360 g/mol. The second-order valence-electron chi connectivity index (χ2n) is 7.57. The number of rotatable bonds is 4. The summed E-state index contributed by atoms with van der Waals surface area (Å²) < 4.78 is 3.89. The minimum absolute atomic E-state index is 0.369. The van der Waals surface area contributed by atoms with E-state index in [-0.39, 0.29) is 0 Å². The van der Waals surface area contributed by atoms with Gasteiger partial charge in [-0.05, 0) is 51.6 Å². The molecule has 0 aliphatic carbocycles. The van der Waals surface area contributed by atoms with E-state index >= 15 is 0 Å². The summed E-state index contributed by atoms with van der Waals surface area (Å²) >= 11 is 0. The van der Waals surface area contributed by atoms with Crippen LogP contribution in [-0.4, -0.2) is 29.8 Å². The predicted molar refractivity (Wildman–Crippen MR) is 107 cm³/mol. The number of nitrogens with zero attached hydrogens (tertiary/aromatic N) is 6. The van der Waals surface area contributed by atoms with Crippen LogP contribution in [0.3, 0.4) is 0 Å². The van der Waals surface area contributed by atoms with Crippen LogP contribution in [0.2, 0.25) is 0 Å². The largest absolute Gasteiger partial charge is 0.334 e. The van der Waals surface area contributed by atoms with E-state index in [9.17, 15) is 0 Å². The molecule has 138 valence electrons. The molecule has 6 nitrogen and oxygen atoms in total. The van der Waals surface area contributed by atoms with Crippen molar-refractivity contribution in [2.75, 3.05) is 0 Å². The zero-order valence-corrected chi connectivity index (χ0v) is 16.4. The number of benzene rings is 2. The van der Waals surface area contributed by atoms with Gasteiger partial charge in [-0.2, -0.15) is 4.68 Å². The second kappa shape index (κ2) is 6.61. The highest BCUT2D eigenvalue weighted by molar-refractivity contribution is 5.81. The van der Waals surface area contributed by atoms with Gasteiger partial charge in [0.1, 0.15) is 0 Å². The molecule has 0 radical (unpaired) electrons. The first-order chi connectivity index (χ1) is 13.0. The summed E-state index contributed by atoms with van der Waals surface area (Å²) in [6.07, 6.45) is 1.82. The van der Waals surface area contributed by atoms with Crippen molar-refractivity contribution in [2.24, 2.45) is 7.05 Å². The third-order valence-corrected chi connectivity index (χ3v) is 5.01. The molecule has 2 heterocycles. The third kappa shape index (κ3) is 2.91. The van der Waals surface area contributed by atoms with Crippen molar-refractivity contribution in [3.63, 3.8) is 0 Å². The van der Waals surface area contributed by atoms with Crippen LogP contribution in [0.15, 0.2) is 42.7 Å². The maximum absolute atomic E-state index is 4.47. The molecule has 0 saturated heterocycles. The normalized spacial score (nSPS) is 11.8. The van der Waals surface area contributed by atoms with Crippen molar-refractivity contribution in [3.8, 4) is 17.1 Å². The van der Waals surface area contributed by atoms with Gasteiger partial charge in [0.25, 0.3) is 0 Å². The molecule has 0 spiro atoms. The Morgan fingerprint density at radius 1 is 0.926 bits per heavy atom. The van der Waals surface area contributed by atoms with E-state index < -0.39 is 0 Å². The summed E-state index contributed by atoms with van der Waals surface area (Å²) in [6.45, 7) is 8.81. The molecule has 4 aromatic rings. The third-order valence-electron chi connectivity index (χ3n) is 5.01. The highest BCUT2D eigenvalue weighted by atomic mass is 15.5. The molecular formula is C21H24N6. The van der Waals surface area contributed by atoms with Crippen LogP contribution in [0.4, 0.5) is 0 Å². The topological polar surface area (TPSA) is 61.4 Å². The summed E-state index contributed by atoms with van der Waals surface area (Å²) in [6, 6.07) is 12.6. The van der Waals surface area contributed by atoms with Gasteiger partial charge in [-0.1, -0.05) is 45.9 Å². The summed E-state index contributed by atoms with van der Waals surface area (Å²) in [7, 11) is 1.99. The standard InChI is InChI=1S/C21H24N6/c1-13(2)16-7-6-8-17(14(3)4)20(16)27-21(23-24-25-27)15-9-10-19-18(11-15)22-12-26(19)5/h6-14H,1-5H3. The van der Waals surface area contributed by atoms with Gasteiger partial charge in [-0.3, -0.25) is 0 Å². The van der Waals surface area contributed by atoms with Crippen molar-refractivity contribution in [1.29, 1.82) is 0 Å². The first kappa shape index (κ1) is 17.4. The van der Waals surface area contributed by atoms with E-state index in [1.54, 1.807) is 0 Å². The zero-order chi connectivity index (χ0) is 19.1. The Labute approximate surface area is 158 Å². The molecule has 27 heavy (non-hydrogen) atoms. The highest BCUT2D eigenvalue weighted by Gasteiger charge is 2.20. The van der Waals surface area contributed by atoms with Crippen LogP contribution in [0.1, 0.15) is 50.7 Å². The second-order valence-corrected chi connectivity index (χ2v) is 7.57. The molecule has 0 saturated carbocycles. The van der Waals surface area contributed by atoms with Gasteiger partial charge >= 0.3 is 0 Å². The van der Waals surface area contributed by atoms with E-state index in [1.165, 1.54) is 11.1 Å². The van der Waals surface area contributed by atoms with Crippen LogP contribution in [0.25, 0.3) is 28.1 Å². The SMILES string of the molecule is CC(C)c1cccc(C(C)C)c1-n1nnnc1-c1ccc2c(c1)ncn2C. The van der Waals surface area contributed by atoms with Crippen LogP contribution in [0.5, 0.6) is 0 Å². The molecule has 0 atom stereocenters. The number of aryl methyl sites for hydroxylation is 1. The molecule has 0 unspecified atom stereocenters. The van der Waals surface area contributed by atoms with Gasteiger partial charge < -0.3 is 4.57 Å². The van der Waals surface area contributed by atoms with Gasteiger partial charge in [0.15, 0.2) is 5.82 Å². The number of para-hydroxylation sites is 1. The Balaban J connectivity index is 1.94. The van der Waals surface area contributed by atoms with Crippen molar-refractivity contribution < 1.29 is 0 Å². The number of imidazole rings is 1. The summed E-state index contributed by atoms with van der Waals surface area (Å²) in [5.74, 6) is 1.47. The summed E-state index contributed by atoms with van der Waals surface area (Å²) in [5.41, 5.74) is 6.56. The minimum Gasteiger partial charge on any atom is -0.334 e. The van der Waals surface area contributed by atoms with Gasteiger partial charge in [0.2, 0.25) is 0 Å². The maximum Gasteiger partial charge on any atom is 0.187 e. The van der Waals surface area contributed by atoms with Crippen molar-refractivity contribution in [1.82, 2.24) is 29.8 Å². The highest BCUT2D eigenvalue weighted by Crippen LogP contribution is 2.33. The van der Waals surface area contributed by atoms with E-state index in [2.05, 4.69) is 78.5 Å². The number of fused-ring (bicyclic) bond motifs is 1. The number of aromatic nitrogens is 6. The fraction of sp³-hybridized carbons (Fsp3) is 0.333. The first-order valence-electron chi connectivity index (χ1n) is 9.30. The monoisotopic (exact) mass is 360 g/mol. The molecule has 2 aromatic carbocycles. The van der Waals surface area contributed by atoms with Crippen LogP contribution < -0.4 is 0 Å². The molecule has 2 aromatic heterocycles. The fourth-order valence-corrected chi connectivity index (χ4v) is 3.55. The summed E-state index contributed by atoms with van der Waals surface area (Å²) in [4.78, 5) is 4.47. The number of hydrogen-bond donors (Lipinski definition) is 0. The molecule has 0 fully saturated rings. The Morgan fingerprint density at radius 3 is 2.30 bits per heavy atom. The summed E-state index contributed by atoms with van der Waals surface area (Å²) in [5, 5.41) is 12.7. The van der Waals surface area contributed by atoms with E-state index in [0.29, 0.717) is 11.8 Å². The lowest BCUT2D eigenvalue weighted by Crippen LogP contribution is -2.10. The quantitative estimate of drug-likeness (QED) is 0.539. The van der Waals surface area contributed by atoms with E-state index in [1.807, 2.05) is 28.7 Å². The maximum atomic E-state index is 4.47. The molecule has 0 aliphatic heterocycles. The lowest BCUT2D eigenvalue weighted by molar-refractivity contribution is 0.740. The van der Waals surface area contributed by atoms with Crippen molar-refractivity contribution in [3.05, 3.63) is 53.9 Å². The Morgan fingerprint density at radius 2 is 1.63 bits per heavy atom. The molecule has 0 N–H and O–H groups in total. The molecule has 6 heteroatoms. The van der Waals surface area contributed by atoms with Gasteiger partial charge in [0, 0.05) is 12.6 Å². The first-order valence-corrected chi connectivity index (χ1v) is 9.30. The smallest absolute Gasteiger partial charge is 0.187 e. The predicted octanol–water partition coefficient (Wildman–Crippen LogP) is 4.46. The Hall–Kier alpha value is -3.02. The molecular weight excluding hydrogens is 336 g/mol. The Bertz CT molecular complexity index is 1080.